The molecular weight excluding hydrogens is 1860 g/mol. The van der Waals surface area contributed by atoms with Crippen molar-refractivity contribution in [2.24, 2.45) is 35.5 Å². The molecule has 0 aliphatic rings. The Morgan fingerprint density at radius 1 is 0.289 bits per heavy atom. The average Bonchev–Trinajstić information content (AvgIpc) is 0.858. The van der Waals surface area contributed by atoms with Crippen LogP contribution in [-0.2, 0) is 227 Å². The number of allylic oxidation sites excluding steroid dienone is 4. The summed E-state index contributed by atoms with van der Waals surface area (Å²) in [5.74, 6) is 8.63. The number of hydrogen-bond donors (Lipinski definition) is 0. The van der Waals surface area contributed by atoms with Crippen molar-refractivity contribution in [1.29, 1.82) is 0 Å². The first-order chi connectivity index (χ1) is 55.9. The Bertz CT molecular complexity index is 3780. The number of benzene rings is 6. The second kappa shape index (κ2) is 70.6. The third-order valence-electron chi connectivity index (χ3n) is 18.5. The summed E-state index contributed by atoms with van der Waals surface area (Å²) in [6.45, 7) is 50.8. The average molecular weight is 2000 g/mol. The largest absolute Gasteiger partial charge is 0.789 e. The molecule has 0 aromatic heterocycles. The molecule has 0 unspecified atom stereocenters. The minimum atomic E-state index is 0. The number of hydrogen-bond acceptors (Lipinski definition) is 18. The summed E-state index contributed by atoms with van der Waals surface area (Å²) in [5.41, 5.74) is 13.8. The molecule has 0 aliphatic heterocycles. The monoisotopic (exact) mass is 1990 g/mol. The van der Waals surface area contributed by atoms with Crippen molar-refractivity contribution in [3.63, 3.8) is 0 Å². The molecule has 0 amide bonds. The van der Waals surface area contributed by atoms with Gasteiger partial charge in [-0.25, -0.2) is 30.4 Å². The van der Waals surface area contributed by atoms with Crippen molar-refractivity contribution in [1.82, 2.24) is 0 Å². The van der Waals surface area contributed by atoms with Crippen LogP contribution in [0.4, 0.5) is 0 Å². The molecule has 0 radical (unpaired) electrons. The maximum Gasteiger partial charge on any atom is 0.125 e. The summed E-state index contributed by atoms with van der Waals surface area (Å²) in [4.78, 5) is 7.27. The van der Waals surface area contributed by atoms with E-state index in [-0.39, 0.29) is 49.5 Å². The fraction of sp³-hybridized carbons (Fsp3) is 0.520. The smallest absolute Gasteiger partial charge is 0.125 e. The molecule has 0 heterocycles. The quantitative estimate of drug-likeness (QED) is 0.0270. The van der Waals surface area contributed by atoms with E-state index in [4.69, 9.17) is 180 Å². The van der Waals surface area contributed by atoms with E-state index in [1.54, 1.807) is 10.8 Å². The van der Waals surface area contributed by atoms with Crippen LogP contribution in [0.2, 0.25) is 0 Å². The van der Waals surface area contributed by atoms with Crippen LogP contribution in [0.3, 0.4) is 0 Å². The molecule has 690 valence electrons. The fourth-order valence-electron chi connectivity index (χ4n) is 11.0. The van der Waals surface area contributed by atoms with Gasteiger partial charge in [0.05, 0.1) is 39.6 Å². The van der Waals surface area contributed by atoms with Crippen LogP contribution in [0.1, 0.15) is 295 Å². The van der Waals surface area contributed by atoms with E-state index in [9.17, 15) is 0 Å². The van der Waals surface area contributed by atoms with Gasteiger partial charge in [0.15, 0.2) is 0 Å². The first-order valence-electron chi connectivity index (χ1n) is 42.6. The molecule has 6 aromatic carbocycles. The Balaban J connectivity index is -0.00000138. The van der Waals surface area contributed by atoms with Crippen LogP contribution in [0.25, 0.3) is 29.4 Å². The van der Waals surface area contributed by atoms with Gasteiger partial charge in [-0.1, -0.05) is 224 Å². The Kier molecular flexibility index (Phi) is 71.1. The molecule has 0 aliphatic carbocycles. The SMILES string of the molecule is CC([S-])=C([S-])c1cc(C)ccc1OCCC(C)C.CC([S-])=C([S-])c1cc(C)ccc1OCCC(C)C.CC([S-])=C([S-])c1cc(OCCC(C)C)ccc1OCCC(C)C.CC([S-])=C([S-])c1cc(OCCC(C)C)ccc1OCCC(C)C.CCCCc1ccc(CCCC)c(C([S-])=C[S-])c1.CCCCc1ccc(CCCC)c(C([S-])=C[S-])c1.[Ni].[Ni].[Ni]. The third kappa shape index (κ3) is 52.7. The molecule has 0 spiro atoms. The van der Waals surface area contributed by atoms with Gasteiger partial charge in [0.2, 0.25) is 0 Å². The summed E-state index contributed by atoms with van der Waals surface area (Å²) < 4.78 is 35.1. The third-order valence-corrected chi connectivity index (χ3v) is 23.4. The van der Waals surface area contributed by atoms with Gasteiger partial charge in [-0.2, -0.15) is 29.4 Å². The standard InChI is InChI=1S/2C19H30O2S2.2C16H24S2.2C15H22OS2.3Ni/c2*1-13(2)8-10-20-16-6-7-18(21-11-9-14(3)4)17(12-16)19(23)15(5)22;2*1-3-5-7-13-9-10-14(8-6-4-2)15(11-13)16(18)12-17;2*1-10(2)7-8-16-14-6-5-11(3)9-13(14)15(18)12(4)17;;;/h2*6-7,12-14,22-23H,8-11H2,1-5H3;2*9-12,17-18H,3-8H2,1-2H3;2*5-6,9-10,17-18H,7-8H2,1-4H3;;;/p-12. The first-order valence-corrected chi connectivity index (χ1v) is 47.6. The zero-order valence-corrected chi connectivity index (χ0v) is 89.0. The zero-order chi connectivity index (χ0) is 89.0. The minimum Gasteiger partial charge on any atom is -0.789 e. The Labute approximate surface area is 834 Å². The molecule has 0 saturated carbocycles. The molecule has 21 heteroatoms. The molecule has 0 bridgehead atoms. The van der Waals surface area contributed by atoms with E-state index in [0.717, 1.165) is 141 Å². The first kappa shape index (κ1) is 122. The predicted molar refractivity (Wildman–Crippen MR) is 547 cm³/mol. The molecule has 0 N–H and O–H groups in total. The molecule has 0 atom stereocenters. The van der Waals surface area contributed by atoms with Crippen molar-refractivity contribution in [3.05, 3.63) is 206 Å². The van der Waals surface area contributed by atoms with Crippen molar-refractivity contribution in [2.75, 3.05) is 39.6 Å². The summed E-state index contributed by atoms with van der Waals surface area (Å²) in [6.07, 6.45) is 20.4. The minimum absolute atomic E-state index is 0. The molecule has 0 saturated heterocycles. The van der Waals surface area contributed by atoms with E-state index in [0.29, 0.717) is 105 Å². The number of ether oxygens (including phenoxy) is 6. The maximum atomic E-state index is 5.91. The van der Waals surface area contributed by atoms with Gasteiger partial charge in [-0.3, -0.25) is 0 Å². The van der Waals surface area contributed by atoms with Crippen LogP contribution >= 0.6 is 0 Å². The van der Waals surface area contributed by atoms with Gasteiger partial charge in [0.1, 0.15) is 34.5 Å². The van der Waals surface area contributed by atoms with Crippen LogP contribution in [0, 0.1) is 49.4 Å². The van der Waals surface area contributed by atoms with E-state index >= 15 is 0 Å². The molecule has 0 fully saturated rings. The van der Waals surface area contributed by atoms with Gasteiger partial charge in [-0.15, -0.1) is 0 Å². The number of rotatable bonds is 42. The maximum absolute atomic E-state index is 5.91. The Morgan fingerprint density at radius 3 is 0.752 bits per heavy atom. The molecule has 121 heavy (non-hydrogen) atoms. The van der Waals surface area contributed by atoms with E-state index in [1.807, 2.05) is 114 Å². The van der Waals surface area contributed by atoms with Crippen LogP contribution in [0.15, 0.2) is 140 Å². The topological polar surface area (TPSA) is 55.4 Å². The fourth-order valence-corrected chi connectivity index (χ4v) is 12.7. The second-order valence-corrected chi connectivity index (χ2v) is 37.8. The molecule has 6 nitrogen and oxygen atoms in total. The van der Waals surface area contributed by atoms with Gasteiger partial charge in [0.25, 0.3) is 0 Å². The Morgan fingerprint density at radius 2 is 0.521 bits per heavy atom. The summed E-state index contributed by atoms with van der Waals surface area (Å²) in [7, 11) is 0. The number of unbranched alkanes of at least 4 members (excludes halogenated alkanes) is 4. The van der Waals surface area contributed by atoms with Gasteiger partial charge >= 0.3 is 0 Å². The van der Waals surface area contributed by atoms with E-state index in [2.05, 4.69) is 147 Å². The van der Waals surface area contributed by atoms with Gasteiger partial charge in [0, 0.05) is 49.5 Å². The summed E-state index contributed by atoms with van der Waals surface area (Å²) in [6, 6.07) is 37.2. The van der Waals surface area contributed by atoms with Crippen LogP contribution in [-0.4, -0.2) is 39.6 Å². The molecular formula is C100H140Ni3O6S12-12. The Hall–Kier alpha value is -3.32. The summed E-state index contributed by atoms with van der Waals surface area (Å²) >= 11 is 63.2. The number of aryl methyl sites for hydroxylation is 6. The van der Waals surface area contributed by atoms with Crippen molar-refractivity contribution >= 4 is 181 Å². The summed E-state index contributed by atoms with van der Waals surface area (Å²) in [5, 5.41) is 3.26. The van der Waals surface area contributed by atoms with Crippen molar-refractivity contribution in [2.45, 2.75) is 268 Å². The second-order valence-electron chi connectivity index (χ2n) is 32.4. The van der Waals surface area contributed by atoms with E-state index < -0.39 is 0 Å². The van der Waals surface area contributed by atoms with Gasteiger partial charge < -0.3 is 180 Å². The zero-order valence-electron chi connectivity index (χ0n) is 76.3. The predicted octanol–water partition coefficient (Wildman–Crippen LogP) is 28.6. The molecule has 6 rings (SSSR count). The van der Waals surface area contributed by atoms with Gasteiger partial charge in [-0.05, 0) is 256 Å². The van der Waals surface area contributed by atoms with Crippen LogP contribution < -0.4 is 28.4 Å². The van der Waals surface area contributed by atoms with Crippen LogP contribution in [0.5, 0.6) is 34.5 Å². The normalized spacial score (nSPS) is 12.0. The van der Waals surface area contributed by atoms with E-state index in [1.165, 1.54) is 95.9 Å². The molecule has 6 aromatic rings. The van der Waals surface area contributed by atoms with Crippen molar-refractivity contribution < 1.29 is 77.9 Å². The van der Waals surface area contributed by atoms with Crippen molar-refractivity contribution in [3.8, 4) is 34.5 Å².